The fraction of sp³-hybridized carbons (Fsp3) is 0.556. The third-order valence-corrected chi connectivity index (χ3v) is 4.46. The summed E-state index contributed by atoms with van der Waals surface area (Å²) in [4.78, 5) is 24.1. The fourth-order valence-corrected chi connectivity index (χ4v) is 3.63. The van der Waals surface area contributed by atoms with Crippen molar-refractivity contribution in [3.63, 3.8) is 0 Å². The van der Waals surface area contributed by atoms with Gasteiger partial charge in [-0.1, -0.05) is 0 Å². The first-order valence-electron chi connectivity index (χ1n) is 4.67. The van der Waals surface area contributed by atoms with Crippen molar-refractivity contribution < 1.29 is 18.0 Å². The fourth-order valence-electron chi connectivity index (χ4n) is 1.93. The summed E-state index contributed by atoms with van der Waals surface area (Å²) < 4.78 is 22.5. The van der Waals surface area contributed by atoms with Gasteiger partial charge in [0.15, 0.2) is 9.84 Å². The van der Waals surface area contributed by atoms with Crippen molar-refractivity contribution in [2.45, 2.75) is 19.4 Å². The number of carbonyl (C=O) groups excluding carboxylic acids is 2. The van der Waals surface area contributed by atoms with Gasteiger partial charge in [-0.25, -0.2) is 8.42 Å². The van der Waals surface area contributed by atoms with E-state index in [2.05, 4.69) is 0 Å². The Hall–Kier alpha value is -1.17. The summed E-state index contributed by atoms with van der Waals surface area (Å²) in [6.07, 6.45) is 1.62. The second-order valence-corrected chi connectivity index (χ2v) is 6.13. The summed E-state index contributed by atoms with van der Waals surface area (Å²) in [5.41, 5.74) is 0.379. The Bertz CT molecular complexity index is 463. The van der Waals surface area contributed by atoms with Crippen molar-refractivity contribution in [3.05, 3.63) is 11.6 Å². The molecule has 0 aliphatic carbocycles. The monoisotopic (exact) mass is 229 g/mol. The topological polar surface area (TPSA) is 71.5 Å². The number of rotatable bonds is 1. The molecule has 15 heavy (non-hydrogen) atoms. The number of sulfone groups is 1. The molecular weight excluding hydrogens is 218 g/mol. The van der Waals surface area contributed by atoms with Crippen molar-refractivity contribution in [2.24, 2.45) is 0 Å². The van der Waals surface area contributed by atoms with E-state index in [9.17, 15) is 18.0 Å². The summed E-state index contributed by atoms with van der Waals surface area (Å²) >= 11 is 0. The highest BCUT2D eigenvalue weighted by molar-refractivity contribution is 7.91. The maximum absolute atomic E-state index is 11.6. The molecule has 1 unspecified atom stereocenters. The van der Waals surface area contributed by atoms with Crippen LogP contribution < -0.4 is 0 Å². The molecule has 2 heterocycles. The van der Waals surface area contributed by atoms with Gasteiger partial charge in [-0.3, -0.25) is 14.5 Å². The minimum absolute atomic E-state index is 0.0633. The molecule has 2 rings (SSSR count). The summed E-state index contributed by atoms with van der Waals surface area (Å²) in [5.74, 6) is -0.777. The Morgan fingerprint density at radius 2 is 2.07 bits per heavy atom. The lowest BCUT2D eigenvalue weighted by molar-refractivity contribution is -0.139. The van der Waals surface area contributed by atoms with Gasteiger partial charge in [0.25, 0.3) is 11.8 Å². The first-order valence-corrected chi connectivity index (χ1v) is 6.49. The van der Waals surface area contributed by atoms with Crippen molar-refractivity contribution in [3.8, 4) is 0 Å². The molecule has 6 heteroatoms. The number of amides is 2. The minimum atomic E-state index is -3.07. The first kappa shape index (κ1) is 10.4. The normalized spacial score (nSPS) is 29.8. The van der Waals surface area contributed by atoms with Crippen LogP contribution in [0.5, 0.6) is 0 Å². The highest BCUT2D eigenvalue weighted by atomic mass is 32.2. The summed E-state index contributed by atoms with van der Waals surface area (Å²) in [7, 11) is -3.07. The van der Waals surface area contributed by atoms with Gasteiger partial charge in [0, 0.05) is 11.6 Å². The van der Waals surface area contributed by atoms with Crippen LogP contribution in [-0.2, 0) is 19.4 Å². The Labute approximate surface area is 87.7 Å². The van der Waals surface area contributed by atoms with Gasteiger partial charge in [0.05, 0.1) is 17.5 Å². The van der Waals surface area contributed by atoms with Crippen LogP contribution in [0.15, 0.2) is 11.6 Å². The van der Waals surface area contributed by atoms with E-state index < -0.39 is 15.9 Å². The zero-order valence-corrected chi connectivity index (χ0v) is 9.08. The Kier molecular flexibility index (Phi) is 2.18. The molecule has 2 aliphatic rings. The van der Waals surface area contributed by atoms with Crippen LogP contribution in [0.3, 0.4) is 0 Å². The quantitative estimate of drug-likeness (QED) is 0.568. The largest absolute Gasteiger partial charge is 0.271 e. The third-order valence-electron chi connectivity index (χ3n) is 2.71. The Balaban J connectivity index is 2.22. The van der Waals surface area contributed by atoms with Crippen molar-refractivity contribution in [2.75, 3.05) is 11.5 Å². The van der Waals surface area contributed by atoms with Crippen molar-refractivity contribution in [1.82, 2.24) is 4.90 Å². The summed E-state index contributed by atoms with van der Waals surface area (Å²) in [6, 6.07) is -0.469. The predicted octanol–water partition coefficient (Wildman–Crippen LogP) is -0.511. The van der Waals surface area contributed by atoms with E-state index in [1.165, 1.54) is 6.08 Å². The molecule has 2 amide bonds. The highest BCUT2D eigenvalue weighted by Crippen LogP contribution is 2.23. The number of hydrogen-bond acceptors (Lipinski definition) is 4. The van der Waals surface area contributed by atoms with Crippen LogP contribution in [0.25, 0.3) is 0 Å². The molecule has 1 fully saturated rings. The highest BCUT2D eigenvalue weighted by Gasteiger charge is 2.40. The van der Waals surface area contributed by atoms with E-state index in [-0.39, 0.29) is 23.3 Å². The van der Waals surface area contributed by atoms with E-state index in [1.54, 1.807) is 6.92 Å². The maximum Gasteiger partial charge on any atom is 0.256 e. The standard InChI is InChI=1S/C9H11NO4S/c1-6-4-8(11)10(9(6)12)7-2-3-15(13,14)5-7/h4,7H,2-3,5H2,1H3. The molecule has 0 bridgehead atoms. The second-order valence-electron chi connectivity index (χ2n) is 3.90. The second kappa shape index (κ2) is 3.16. The van der Waals surface area contributed by atoms with Gasteiger partial charge >= 0.3 is 0 Å². The molecule has 0 saturated carbocycles. The minimum Gasteiger partial charge on any atom is -0.271 e. The molecule has 0 N–H and O–H groups in total. The molecular formula is C9H11NO4S. The molecule has 2 aliphatic heterocycles. The third kappa shape index (κ3) is 1.69. The van der Waals surface area contributed by atoms with Crippen LogP contribution in [0.1, 0.15) is 13.3 Å². The van der Waals surface area contributed by atoms with Crippen LogP contribution in [-0.4, -0.2) is 42.7 Å². The maximum atomic E-state index is 11.6. The lowest BCUT2D eigenvalue weighted by Gasteiger charge is -2.20. The number of hydrogen-bond donors (Lipinski definition) is 0. The van der Waals surface area contributed by atoms with Gasteiger partial charge in [-0.05, 0) is 13.3 Å². The van der Waals surface area contributed by atoms with Gasteiger partial charge in [0.1, 0.15) is 0 Å². The number of imide groups is 1. The lowest BCUT2D eigenvalue weighted by Crippen LogP contribution is -2.41. The van der Waals surface area contributed by atoms with Gasteiger partial charge < -0.3 is 0 Å². The van der Waals surface area contributed by atoms with E-state index in [0.29, 0.717) is 12.0 Å². The van der Waals surface area contributed by atoms with Crippen molar-refractivity contribution in [1.29, 1.82) is 0 Å². The average molecular weight is 229 g/mol. The van der Waals surface area contributed by atoms with E-state index >= 15 is 0 Å². The van der Waals surface area contributed by atoms with Gasteiger partial charge in [-0.15, -0.1) is 0 Å². The molecule has 82 valence electrons. The van der Waals surface area contributed by atoms with Crippen molar-refractivity contribution >= 4 is 21.7 Å². The van der Waals surface area contributed by atoms with Crippen LogP contribution >= 0.6 is 0 Å². The SMILES string of the molecule is CC1=CC(=O)N(C2CCS(=O)(=O)C2)C1=O. The lowest BCUT2D eigenvalue weighted by atomic mass is 10.2. The molecule has 0 radical (unpaired) electrons. The predicted molar refractivity (Wildman–Crippen MR) is 52.7 cm³/mol. The van der Waals surface area contributed by atoms with Crippen LogP contribution in [0.2, 0.25) is 0 Å². The molecule has 0 spiro atoms. The number of nitrogens with zero attached hydrogens (tertiary/aromatic N) is 1. The van der Waals surface area contributed by atoms with E-state index in [1.807, 2.05) is 0 Å². The average Bonchev–Trinajstić information content (AvgIpc) is 2.56. The molecule has 1 saturated heterocycles. The molecule has 0 aromatic carbocycles. The van der Waals surface area contributed by atoms with E-state index in [0.717, 1.165) is 4.90 Å². The van der Waals surface area contributed by atoms with Crippen LogP contribution in [0, 0.1) is 0 Å². The first-order chi connectivity index (χ1) is 6.91. The van der Waals surface area contributed by atoms with Gasteiger partial charge in [0.2, 0.25) is 0 Å². The Morgan fingerprint density at radius 1 is 1.40 bits per heavy atom. The Morgan fingerprint density at radius 3 is 2.47 bits per heavy atom. The summed E-state index contributed by atoms with van der Waals surface area (Å²) in [6.45, 7) is 1.56. The molecule has 0 aromatic rings. The molecule has 5 nitrogen and oxygen atoms in total. The number of carbonyl (C=O) groups is 2. The van der Waals surface area contributed by atoms with E-state index in [4.69, 9.17) is 0 Å². The molecule has 1 atom stereocenters. The molecule has 0 aromatic heterocycles. The zero-order valence-electron chi connectivity index (χ0n) is 8.26. The smallest absolute Gasteiger partial charge is 0.256 e. The zero-order chi connectivity index (χ0) is 11.2. The van der Waals surface area contributed by atoms with Crippen LogP contribution in [0.4, 0.5) is 0 Å². The summed E-state index contributed by atoms with van der Waals surface area (Å²) in [5, 5.41) is 0. The van der Waals surface area contributed by atoms with Gasteiger partial charge in [-0.2, -0.15) is 0 Å².